The van der Waals surface area contributed by atoms with Crippen molar-refractivity contribution in [1.29, 1.82) is 0 Å². The molecule has 0 aliphatic rings. The van der Waals surface area contributed by atoms with E-state index in [-0.39, 0.29) is 17.4 Å². The van der Waals surface area contributed by atoms with Crippen LogP contribution in [0.4, 0.5) is 13.2 Å². The molecular weight excluding hydrogens is 379 g/mol. The number of hydrogen-bond acceptors (Lipinski definition) is 2. The predicted molar refractivity (Wildman–Crippen MR) is 72.7 cm³/mol. The average molecular weight is 393 g/mol. The van der Waals surface area contributed by atoms with Gasteiger partial charge in [-0.15, -0.1) is 0 Å². The minimum atomic E-state index is -4.20. The Morgan fingerprint density at radius 3 is 2.39 bits per heavy atom. The monoisotopic (exact) mass is 392 g/mol. The third kappa shape index (κ3) is 5.26. The zero-order valence-electron chi connectivity index (χ0n) is 9.98. The largest absolute Gasteiger partial charge is 0.389 e. The predicted octanol–water partition coefficient (Wildman–Crippen LogP) is 4.43. The van der Waals surface area contributed by atoms with Crippen molar-refractivity contribution in [2.45, 2.75) is 39.3 Å². The molecule has 7 heteroatoms. The molecule has 0 aliphatic heterocycles. The van der Waals surface area contributed by atoms with Crippen LogP contribution in [0.3, 0.4) is 0 Å². The fraction of sp³-hybridized carbons (Fsp3) is 0.636. The van der Waals surface area contributed by atoms with Crippen LogP contribution in [0.25, 0.3) is 0 Å². The summed E-state index contributed by atoms with van der Waals surface area (Å²) in [6, 6.07) is 0. The standard InChI is InChI=1S/C11H13ClF3IN2/c1-6(2)5-7-9(16)10(12)18-8(17-7)3-4-11(13,14)15/h6H,3-5H2,1-2H3. The van der Waals surface area contributed by atoms with Crippen molar-refractivity contribution < 1.29 is 13.2 Å². The lowest BCUT2D eigenvalue weighted by atomic mass is 10.1. The number of rotatable bonds is 4. The molecular formula is C11H13ClF3IN2. The number of hydrogen-bond donors (Lipinski definition) is 0. The Morgan fingerprint density at radius 1 is 1.28 bits per heavy atom. The van der Waals surface area contributed by atoms with Crippen LogP contribution in [0, 0.1) is 9.49 Å². The first-order valence-electron chi connectivity index (χ1n) is 5.46. The molecule has 0 N–H and O–H groups in total. The van der Waals surface area contributed by atoms with Gasteiger partial charge in [-0.3, -0.25) is 0 Å². The summed E-state index contributed by atoms with van der Waals surface area (Å²) >= 11 is 7.93. The van der Waals surface area contributed by atoms with E-state index >= 15 is 0 Å². The van der Waals surface area contributed by atoms with Crippen LogP contribution in [-0.2, 0) is 12.8 Å². The lowest BCUT2D eigenvalue weighted by molar-refractivity contribution is -0.134. The zero-order valence-corrected chi connectivity index (χ0v) is 12.9. The van der Waals surface area contributed by atoms with E-state index in [2.05, 4.69) is 9.97 Å². The van der Waals surface area contributed by atoms with Gasteiger partial charge in [0.1, 0.15) is 11.0 Å². The van der Waals surface area contributed by atoms with Crippen molar-refractivity contribution in [1.82, 2.24) is 9.97 Å². The van der Waals surface area contributed by atoms with Gasteiger partial charge in [0.15, 0.2) is 0 Å². The van der Waals surface area contributed by atoms with Gasteiger partial charge >= 0.3 is 6.18 Å². The third-order valence-corrected chi connectivity index (χ3v) is 3.89. The lowest BCUT2D eigenvalue weighted by Crippen LogP contribution is -2.12. The Labute approximate surface area is 122 Å². The van der Waals surface area contributed by atoms with Crippen molar-refractivity contribution in [3.8, 4) is 0 Å². The first-order chi connectivity index (χ1) is 8.19. The summed E-state index contributed by atoms with van der Waals surface area (Å²) in [7, 11) is 0. The van der Waals surface area contributed by atoms with Crippen LogP contribution in [0.1, 0.15) is 31.8 Å². The molecule has 0 bridgehead atoms. The molecule has 0 aromatic carbocycles. The molecule has 1 heterocycles. The Balaban J connectivity index is 2.90. The fourth-order valence-electron chi connectivity index (χ4n) is 1.40. The summed E-state index contributed by atoms with van der Waals surface area (Å²) in [6.45, 7) is 4.03. The zero-order chi connectivity index (χ0) is 13.9. The van der Waals surface area contributed by atoms with Crippen LogP contribution < -0.4 is 0 Å². The molecule has 0 aliphatic carbocycles. The Morgan fingerprint density at radius 2 is 1.89 bits per heavy atom. The highest BCUT2D eigenvalue weighted by Gasteiger charge is 2.27. The van der Waals surface area contributed by atoms with Crippen molar-refractivity contribution in [2.24, 2.45) is 5.92 Å². The number of nitrogens with zero attached hydrogens (tertiary/aromatic N) is 2. The number of halogens is 5. The van der Waals surface area contributed by atoms with E-state index in [0.29, 0.717) is 12.3 Å². The van der Waals surface area contributed by atoms with Crippen molar-refractivity contribution in [3.05, 3.63) is 20.2 Å². The second-order valence-electron chi connectivity index (χ2n) is 4.40. The molecule has 0 amide bonds. The summed E-state index contributed by atoms with van der Waals surface area (Å²) in [5.74, 6) is 0.522. The Bertz CT molecular complexity index is 421. The topological polar surface area (TPSA) is 25.8 Å². The summed E-state index contributed by atoms with van der Waals surface area (Å²) in [5, 5.41) is 0.235. The minimum absolute atomic E-state index is 0.161. The lowest BCUT2D eigenvalue weighted by Gasteiger charge is -2.11. The normalized spacial score (nSPS) is 12.2. The summed E-state index contributed by atoms with van der Waals surface area (Å²) in [4.78, 5) is 8.06. The van der Waals surface area contributed by atoms with E-state index < -0.39 is 12.6 Å². The summed E-state index contributed by atoms with van der Waals surface area (Å²) in [6.07, 6.45) is -4.67. The molecule has 0 saturated heterocycles. The first kappa shape index (κ1) is 15.9. The van der Waals surface area contributed by atoms with Crippen molar-refractivity contribution in [2.75, 3.05) is 0 Å². The maximum Gasteiger partial charge on any atom is 0.389 e. The van der Waals surface area contributed by atoms with E-state index in [1.807, 2.05) is 36.4 Å². The van der Waals surface area contributed by atoms with Crippen molar-refractivity contribution >= 4 is 34.2 Å². The van der Waals surface area contributed by atoms with E-state index in [9.17, 15) is 13.2 Å². The molecule has 2 nitrogen and oxygen atoms in total. The SMILES string of the molecule is CC(C)Cc1nc(CCC(F)(F)F)nc(Cl)c1I. The summed E-state index contributed by atoms with van der Waals surface area (Å²) in [5.41, 5.74) is 0.725. The molecule has 102 valence electrons. The molecule has 1 aromatic rings. The first-order valence-corrected chi connectivity index (χ1v) is 6.92. The highest BCUT2D eigenvalue weighted by molar-refractivity contribution is 14.1. The fourth-order valence-corrected chi connectivity index (χ4v) is 2.07. The summed E-state index contributed by atoms with van der Waals surface area (Å²) < 4.78 is 37.1. The van der Waals surface area contributed by atoms with Gasteiger partial charge in [-0.1, -0.05) is 25.4 Å². The van der Waals surface area contributed by atoms with Gasteiger partial charge in [-0.05, 0) is 34.9 Å². The maximum absolute atomic E-state index is 12.1. The smallest absolute Gasteiger partial charge is 0.237 e. The minimum Gasteiger partial charge on any atom is -0.237 e. The second-order valence-corrected chi connectivity index (χ2v) is 5.84. The van der Waals surface area contributed by atoms with Crippen LogP contribution in [0.2, 0.25) is 5.15 Å². The molecule has 0 radical (unpaired) electrons. The van der Waals surface area contributed by atoms with Gasteiger partial charge in [0.05, 0.1) is 15.7 Å². The molecule has 0 saturated carbocycles. The van der Waals surface area contributed by atoms with Gasteiger partial charge in [0.25, 0.3) is 0 Å². The number of aryl methyl sites for hydroxylation is 1. The molecule has 0 fully saturated rings. The Hall–Kier alpha value is -0.110. The van der Waals surface area contributed by atoms with Gasteiger partial charge in [0, 0.05) is 6.42 Å². The number of alkyl halides is 3. The van der Waals surface area contributed by atoms with Crippen LogP contribution >= 0.6 is 34.2 Å². The average Bonchev–Trinajstić information content (AvgIpc) is 2.20. The molecule has 0 unspecified atom stereocenters. The highest BCUT2D eigenvalue weighted by Crippen LogP contribution is 2.24. The Kier molecular flexibility index (Phi) is 5.64. The van der Waals surface area contributed by atoms with Gasteiger partial charge in [-0.2, -0.15) is 13.2 Å². The molecule has 0 atom stereocenters. The van der Waals surface area contributed by atoms with Crippen LogP contribution in [-0.4, -0.2) is 16.1 Å². The van der Waals surface area contributed by atoms with E-state index in [1.165, 1.54) is 0 Å². The number of aromatic nitrogens is 2. The quantitative estimate of drug-likeness (QED) is 0.560. The van der Waals surface area contributed by atoms with E-state index in [1.54, 1.807) is 0 Å². The maximum atomic E-state index is 12.1. The van der Waals surface area contributed by atoms with Crippen LogP contribution in [0.5, 0.6) is 0 Å². The molecule has 0 spiro atoms. The van der Waals surface area contributed by atoms with E-state index in [4.69, 9.17) is 11.6 Å². The van der Waals surface area contributed by atoms with Crippen molar-refractivity contribution in [3.63, 3.8) is 0 Å². The van der Waals surface area contributed by atoms with Gasteiger partial charge < -0.3 is 0 Å². The van der Waals surface area contributed by atoms with Crippen LogP contribution in [0.15, 0.2) is 0 Å². The molecule has 18 heavy (non-hydrogen) atoms. The van der Waals surface area contributed by atoms with Gasteiger partial charge in [0.2, 0.25) is 0 Å². The third-order valence-electron chi connectivity index (χ3n) is 2.16. The molecule has 1 rings (SSSR count). The van der Waals surface area contributed by atoms with E-state index in [0.717, 1.165) is 9.26 Å². The molecule has 1 aromatic heterocycles. The highest BCUT2D eigenvalue weighted by atomic mass is 127. The second kappa shape index (κ2) is 6.36. The van der Waals surface area contributed by atoms with Gasteiger partial charge in [-0.25, -0.2) is 9.97 Å².